The zero-order chi connectivity index (χ0) is 15.9. The molecule has 3 rings (SSSR count). The van der Waals surface area contributed by atoms with Crippen LogP contribution in [0.15, 0.2) is 48.7 Å². The fourth-order valence-corrected chi connectivity index (χ4v) is 2.73. The molecule has 1 amide bonds. The second-order valence-corrected chi connectivity index (χ2v) is 5.87. The molecule has 1 aliphatic heterocycles. The highest BCUT2D eigenvalue weighted by atomic mass is 16.1. The SMILES string of the molecule is O=C(CCC1CCNC1)Nc1ccc(Nc2ccccc2)nc1. The van der Waals surface area contributed by atoms with Crippen LogP contribution in [0.4, 0.5) is 17.2 Å². The number of carbonyl (C=O) groups is 1. The van der Waals surface area contributed by atoms with Crippen molar-refractivity contribution in [1.29, 1.82) is 0 Å². The van der Waals surface area contributed by atoms with Crippen molar-refractivity contribution < 1.29 is 4.79 Å². The summed E-state index contributed by atoms with van der Waals surface area (Å²) in [4.78, 5) is 16.3. The van der Waals surface area contributed by atoms with Gasteiger partial charge in [0.15, 0.2) is 0 Å². The van der Waals surface area contributed by atoms with E-state index >= 15 is 0 Å². The third kappa shape index (κ3) is 4.79. The predicted molar refractivity (Wildman–Crippen MR) is 92.8 cm³/mol. The van der Waals surface area contributed by atoms with Gasteiger partial charge >= 0.3 is 0 Å². The van der Waals surface area contributed by atoms with E-state index in [0.29, 0.717) is 12.3 Å². The van der Waals surface area contributed by atoms with E-state index in [1.165, 1.54) is 6.42 Å². The summed E-state index contributed by atoms with van der Waals surface area (Å²) in [6.07, 6.45) is 4.37. The van der Waals surface area contributed by atoms with Crippen LogP contribution in [0, 0.1) is 5.92 Å². The summed E-state index contributed by atoms with van der Waals surface area (Å²) in [5.41, 5.74) is 1.72. The van der Waals surface area contributed by atoms with Gasteiger partial charge in [0.05, 0.1) is 11.9 Å². The number of nitrogens with zero attached hydrogens (tertiary/aromatic N) is 1. The molecule has 1 saturated heterocycles. The number of para-hydroxylation sites is 1. The highest BCUT2D eigenvalue weighted by Gasteiger charge is 2.15. The minimum Gasteiger partial charge on any atom is -0.340 e. The third-order valence-electron chi connectivity index (χ3n) is 4.04. The van der Waals surface area contributed by atoms with Crippen LogP contribution in [-0.2, 0) is 4.79 Å². The van der Waals surface area contributed by atoms with E-state index in [2.05, 4.69) is 20.9 Å². The van der Waals surface area contributed by atoms with Gasteiger partial charge in [-0.05, 0) is 56.1 Å². The first-order chi connectivity index (χ1) is 11.3. The number of carbonyl (C=O) groups excluding carboxylic acids is 1. The molecule has 3 N–H and O–H groups in total. The number of aromatic nitrogens is 1. The molecule has 0 spiro atoms. The molecule has 1 unspecified atom stereocenters. The predicted octanol–water partition coefficient (Wildman–Crippen LogP) is 3.15. The lowest BCUT2D eigenvalue weighted by Gasteiger charge is -2.09. The summed E-state index contributed by atoms with van der Waals surface area (Å²) in [7, 11) is 0. The number of anilines is 3. The van der Waals surface area contributed by atoms with Crippen LogP contribution < -0.4 is 16.0 Å². The van der Waals surface area contributed by atoms with Crippen molar-refractivity contribution in [2.45, 2.75) is 19.3 Å². The quantitative estimate of drug-likeness (QED) is 0.767. The standard InChI is InChI=1S/C18H22N4O/c23-18(9-6-14-10-11-19-12-14)22-16-7-8-17(20-13-16)21-15-4-2-1-3-5-15/h1-5,7-8,13-14,19H,6,9-12H2,(H,20,21)(H,22,23). The molecular formula is C18H22N4O. The smallest absolute Gasteiger partial charge is 0.224 e. The number of pyridine rings is 1. The van der Waals surface area contributed by atoms with Gasteiger partial charge in [-0.25, -0.2) is 4.98 Å². The van der Waals surface area contributed by atoms with Gasteiger partial charge in [0.2, 0.25) is 5.91 Å². The Kier molecular flexibility index (Phi) is 5.21. The van der Waals surface area contributed by atoms with Crippen LogP contribution in [0.2, 0.25) is 0 Å². The van der Waals surface area contributed by atoms with Crippen molar-refractivity contribution in [3.8, 4) is 0 Å². The van der Waals surface area contributed by atoms with E-state index in [9.17, 15) is 4.79 Å². The number of hydrogen-bond donors (Lipinski definition) is 3. The van der Waals surface area contributed by atoms with Crippen molar-refractivity contribution in [2.24, 2.45) is 5.92 Å². The average Bonchev–Trinajstić information content (AvgIpc) is 3.09. The number of hydrogen-bond acceptors (Lipinski definition) is 4. The Labute approximate surface area is 136 Å². The van der Waals surface area contributed by atoms with E-state index in [0.717, 1.165) is 36.7 Å². The third-order valence-corrected chi connectivity index (χ3v) is 4.04. The molecule has 1 aliphatic rings. The van der Waals surface area contributed by atoms with Crippen LogP contribution in [0.25, 0.3) is 0 Å². The summed E-state index contributed by atoms with van der Waals surface area (Å²) < 4.78 is 0. The summed E-state index contributed by atoms with van der Waals surface area (Å²) >= 11 is 0. The summed E-state index contributed by atoms with van der Waals surface area (Å²) in [6.45, 7) is 2.11. The van der Waals surface area contributed by atoms with Crippen LogP contribution >= 0.6 is 0 Å². The number of benzene rings is 1. The summed E-state index contributed by atoms with van der Waals surface area (Å²) in [6, 6.07) is 13.6. The molecule has 2 heterocycles. The van der Waals surface area contributed by atoms with Gasteiger partial charge in [-0.15, -0.1) is 0 Å². The lowest BCUT2D eigenvalue weighted by Crippen LogP contribution is -2.15. The van der Waals surface area contributed by atoms with E-state index in [-0.39, 0.29) is 5.91 Å². The van der Waals surface area contributed by atoms with Crippen LogP contribution in [-0.4, -0.2) is 24.0 Å². The van der Waals surface area contributed by atoms with Crippen molar-refractivity contribution in [2.75, 3.05) is 23.7 Å². The Hall–Kier alpha value is -2.40. The fourth-order valence-electron chi connectivity index (χ4n) is 2.73. The molecule has 23 heavy (non-hydrogen) atoms. The molecule has 1 aromatic carbocycles. The van der Waals surface area contributed by atoms with E-state index in [1.54, 1.807) is 6.20 Å². The van der Waals surface area contributed by atoms with E-state index in [1.807, 2.05) is 42.5 Å². The van der Waals surface area contributed by atoms with Crippen molar-refractivity contribution in [3.05, 3.63) is 48.7 Å². The van der Waals surface area contributed by atoms with Crippen molar-refractivity contribution in [3.63, 3.8) is 0 Å². The first kappa shape index (κ1) is 15.5. The van der Waals surface area contributed by atoms with Crippen molar-refractivity contribution in [1.82, 2.24) is 10.3 Å². The number of nitrogens with one attached hydrogen (secondary N) is 3. The first-order valence-corrected chi connectivity index (χ1v) is 8.08. The maximum absolute atomic E-state index is 12.0. The van der Waals surface area contributed by atoms with Gasteiger partial charge in [0.25, 0.3) is 0 Å². The highest BCUT2D eigenvalue weighted by Crippen LogP contribution is 2.17. The maximum Gasteiger partial charge on any atom is 0.224 e. The monoisotopic (exact) mass is 310 g/mol. The topological polar surface area (TPSA) is 66.1 Å². The number of amides is 1. The fraction of sp³-hybridized carbons (Fsp3) is 0.333. The number of rotatable bonds is 6. The van der Waals surface area contributed by atoms with Gasteiger partial charge in [0, 0.05) is 12.1 Å². The van der Waals surface area contributed by atoms with E-state index < -0.39 is 0 Å². The molecule has 1 aromatic heterocycles. The van der Waals surface area contributed by atoms with Crippen LogP contribution in [0.5, 0.6) is 0 Å². The molecule has 0 saturated carbocycles. The Bertz CT molecular complexity index is 621. The van der Waals surface area contributed by atoms with Gasteiger partial charge < -0.3 is 16.0 Å². The Balaban J connectivity index is 1.47. The van der Waals surface area contributed by atoms with Crippen molar-refractivity contribution >= 4 is 23.1 Å². The van der Waals surface area contributed by atoms with Gasteiger partial charge in [0.1, 0.15) is 5.82 Å². The summed E-state index contributed by atoms with van der Waals surface area (Å²) in [5, 5.41) is 9.45. The molecule has 2 aromatic rings. The largest absolute Gasteiger partial charge is 0.340 e. The Morgan fingerprint density at radius 2 is 2.04 bits per heavy atom. The first-order valence-electron chi connectivity index (χ1n) is 8.08. The second-order valence-electron chi connectivity index (χ2n) is 5.87. The normalized spacial score (nSPS) is 17.0. The molecular weight excluding hydrogens is 288 g/mol. The molecule has 5 nitrogen and oxygen atoms in total. The molecule has 0 radical (unpaired) electrons. The molecule has 5 heteroatoms. The van der Waals surface area contributed by atoms with Gasteiger partial charge in [-0.1, -0.05) is 18.2 Å². The highest BCUT2D eigenvalue weighted by molar-refractivity contribution is 5.90. The molecule has 0 bridgehead atoms. The second kappa shape index (κ2) is 7.74. The lowest BCUT2D eigenvalue weighted by molar-refractivity contribution is -0.116. The molecule has 0 aliphatic carbocycles. The Morgan fingerprint density at radius 3 is 2.74 bits per heavy atom. The zero-order valence-corrected chi connectivity index (χ0v) is 13.1. The molecule has 120 valence electrons. The minimum atomic E-state index is 0.0578. The maximum atomic E-state index is 12.0. The van der Waals surface area contributed by atoms with Crippen LogP contribution in [0.1, 0.15) is 19.3 Å². The Morgan fingerprint density at radius 1 is 1.17 bits per heavy atom. The molecule has 1 atom stereocenters. The molecule has 1 fully saturated rings. The lowest BCUT2D eigenvalue weighted by atomic mass is 10.0. The van der Waals surface area contributed by atoms with Crippen LogP contribution in [0.3, 0.4) is 0 Å². The zero-order valence-electron chi connectivity index (χ0n) is 13.1. The van der Waals surface area contributed by atoms with Gasteiger partial charge in [-0.3, -0.25) is 4.79 Å². The van der Waals surface area contributed by atoms with E-state index in [4.69, 9.17) is 0 Å². The van der Waals surface area contributed by atoms with Gasteiger partial charge in [-0.2, -0.15) is 0 Å². The summed E-state index contributed by atoms with van der Waals surface area (Å²) in [5.74, 6) is 1.45. The average molecular weight is 310 g/mol. The minimum absolute atomic E-state index is 0.0578.